The Morgan fingerprint density at radius 2 is 1.80 bits per heavy atom. The second kappa shape index (κ2) is 13.4. The van der Waals surface area contributed by atoms with E-state index in [-0.39, 0.29) is 28.5 Å². The standard InChI is InChI=1S/C28H26BrClN2O8S/c1-5-38-20-8-7-16(12-21(20)39-6-2)24-17(27(35)37-4)13-31-28-32(24)26(34)22(41-28)11-15-9-18(29)25(19(30)10-15)40-14-23(33)36-3/h7-13,24H,5-6,14H2,1-4H3/b22-11-/t24-/m0/s1. The third-order valence-electron chi connectivity index (χ3n) is 5.89. The SMILES string of the molecule is CCOc1ccc([C@H]2C(C(=O)OC)=CN=c3s/c(=C\c4cc(Cl)c(OCC(=O)OC)c(Br)c4)c(=O)n32)cc1OCC. The molecule has 4 rings (SSSR count). The lowest BCUT2D eigenvalue weighted by Crippen LogP contribution is -2.39. The number of aromatic nitrogens is 1. The van der Waals surface area contributed by atoms with Crippen molar-refractivity contribution in [1.29, 1.82) is 0 Å². The van der Waals surface area contributed by atoms with Crippen molar-refractivity contribution < 1.29 is 33.3 Å². The van der Waals surface area contributed by atoms with Crippen LogP contribution in [-0.4, -0.2) is 50.5 Å². The molecule has 2 aromatic carbocycles. The normalized spacial score (nSPS) is 14.4. The number of fused-ring (bicyclic) bond motifs is 1. The van der Waals surface area contributed by atoms with E-state index in [1.807, 2.05) is 13.8 Å². The first-order valence-corrected chi connectivity index (χ1v) is 14.4. The lowest BCUT2D eigenvalue weighted by Gasteiger charge is -2.23. The number of thiazole rings is 1. The zero-order valence-corrected chi connectivity index (χ0v) is 25.7. The fraction of sp³-hybridized carbons (Fsp3) is 0.286. The van der Waals surface area contributed by atoms with Gasteiger partial charge in [0.15, 0.2) is 28.7 Å². The summed E-state index contributed by atoms with van der Waals surface area (Å²) < 4.78 is 28.8. The van der Waals surface area contributed by atoms with Crippen LogP contribution in [0.25, 0.3) is 6.08 Å². The van der Waals surface area contributed by atoms with Gasteiger partial charge in [0.25, 0.3) is 5.56 Å². The summed E-state index contributed by atoms with van der Waals surface area (Å²) in [6.45, 7) is 4.26. The number of ether oxygens (including phenoxy) is 5. The number of nitrogens with zero attached hydrogens (tertiary/aromatic N) is 2. The summed E-state index contributed by atoms with van der Waals surface area (Å²) in [5.74, 6) is 0.136. The first-order chi connectivity index (χ1) is 19.7. The van der Waals surface area contributed by atoms with Crippen molar-refractivity contribution in [3.63, 3.8) is 0 Å². The van der Waals surface area contributed by atoms with Gasteiger partial charge in [-0.05, 0) is 71.2 Å². The Hall–Kier alpha value is -3.61. The summed E-state index contributed by atoms with van der Waals surface area (Å²) in [6.07, 6.45) is 3.08. The van der Waals surface area contributed by atoms with E-state index >= 15 is 0 Å². The highest BCUT2D eigenvalue weighted by Crippen LogP contribution is 2.36. The fourth-order valence-corrected chi connectivity index (χ4v) is 6.09. The monoisotopic (exact) mass is 664 g/mol. The zero-order valence-electron chi connectivity index (χ0n) is 22.6. The number of carbonyl (C=O) groups excluding carboxylic acids is 2. The molecule has 0 fully saturated rings. The highest BCUT2D eigenvalue weighted by Gasteiger charge is 2.31. The van der Waals surface area contributed by atoms with Crippen LogP contribution in [0.1, 0.15) is 31.0 Å². The maximum Gasteiger partial charge on any atom is 0.343 e. The van der Waals surface area contributed by atoms with Crippen LogP contribution in [0.2, 0.25) is 5.02 Å². The van der Waals surface area contributed by atoms with Crippen molar-refractivity contribution in [3.8, 4) is 17.2 Å². The molecule has 1 aromatic heterocycles. The molecular formula is C28H26BrClN2O8S. The summed E-state index contributed by atoms with van der Waals surface area (Å²) in [5.41, 5.74) is 1.05. The third-order valence-corrected chi connectivity index (χ3v) is 7.76. The molecule has 0 saturated heterocycles. The van der Waals surface area contributed by atoms with Crippen LogP contribution in [0.15, 0.2) is 56.4 Å². The molecule has 0 N–H and O–H groups in total. The van der Waals surface area contributed by atoms with Crippen LogP contribution >= 0.6 is 38.9 Å². The van der Waals surface area contributed by atoms with E-state index < -0.39 is 18.0 Å². The largest absolute Gasteiger partial charge is 0.490 e. The fourth-order valence-electron chi connectivity index (χ4n) is 4.13. The van der Waals surface area contributed by atoms with Gasteiger partial charge in [-0.1, -0.05) is 29.0 Å². The number of methoxy groups -OCH3 is 2. The van der Waals surface area contributed by atoms with Gasteiger partial charge in [-0.2, -0.15) is 0 Å². The first kappa shape index (κ1) is 30.4. The third kappa shape index (κ3) is 6.50. The molecule has 10 nitrogen and oxygen atoms in total. The molecule has 0 unspecified atom stereocenters. The zero-order chi connectivity index (χ0) is 29.7. The van der Waals surface area contributed by atoms with E-state index in [0.717, 1.165) is 11.3 Å². The summed E-state index contributed by atoms with van der Waals surface area (Å²) in [7, 11) is 2.53. The van der Waals surface area contributed by atoms with Crippen LogP contribution in [0.5, 0.6) is 17.2 Å². The Bertz CT molecular complexity index is 1670. The molecule has 0 spiro atoms. The van der Waals surface area contributed by atoms with Crippen molar-refractivity contribution in [2.45, 2.75) is 19.9 Å². The van der Waals surface area contributed by atoms with E-state index in [9.17, 15) is 14.4 Å². The molecule has 0 aliphatic carbocycles. The first-order valence-electron chi connectivity index (χ1n) is 12.4. The quantitative estimate of drug-likeness (QED) is 0.301. The molecule has 0 radical (unpaired) electrons. The minimum atomic E-state index is -0.819. The van der Waals surface area contributed by atoms with E-state index in [0.29, 0.717) is 49.6 Å². The van der Waals surface area contributed by atoms with Gasteiger partial charge in [-0.3, -0.25) is 9.36 Å². The molecule has 0 amide bonds. The van der Waals surface area contributed by atoms with E-state index in [2.05, 4.69) is 25.7 Å². The predicted octanol–water partition coefficient (Wildman–Crippen LogP) is 3.78. The molecule has 2 heterocycles. The lowest BCUT2D eigenvalue weighted by atomic mass is 9.97. The number of halogens is 2. The van der Waals surface area contributed by atoms with Gasteiger partial charge >= 0.3 is 11.9 Å². The summed E-state index contributed by atoms with van der Waals surface area (Å²) in [4.78, 5) is 42.8. The maximum atomic E-state index is 13.8. The molecule has 41 heavy (non-hydrogen) atoms. The van der Waals surface area contributed by atoms with Crippen LogP contribution in [0.4, 0.5) is 0 Å². The second-order valence-electron chi connectivity index (χ2n) is 8.43. The molecule has 13 heteroatoms. The summed E-state index contributed by atoms with van der Waals surface area (Å²) in [6, 6.07) is 7.77. The molecule has 1 aliphatic heterocycles. The van der Waals surface area contributed by atoms with Gasteiger partial charge < -0.3 is 23.7 Å². The lowest BCUT2D eigenvalue weighted by molar-refractivity contribution is -0.143. The Labute approximate surface area is 252 Å². The molecule has 0 bridgehead atoms. The Morgan fingerprint density at radius 1 is 1.07 bits per heavy atom. The van der Waals surface area contributed by atoms with Gasteiger partial charge in [-0.15, -0.1) is 0 Å². The van der Waals surface area contributed by atoms with Crippen molar-refractivity contribution in [2.75, 3.05) is 34.0 Å². The average Bonchev–Trinajstić information content (AvgIpc) is 3.27. The van der Waals surface area contributed by atoms with Gasteiger partial charge in [-0.25, -0.2) is 14.6 Å². The van der Waals surface area contributed by atoms with Crippen molar-refractivity contribution in [2.24, 2.45) is 4.99 Å². The second-order valence-corrected chi connectivity index (χ2v) is 10.7. The van der Waals surface area contributed by atoms with Crippen LogP contribution < -0.4 is 29.1 Å². The minimum absolute atomic E-state index is 0.191. The smallest absolute Gasteiger partial charge is 0.343 e. The number of benzene rings is 2. The highest BCUT2D eigenvalue weighted by atomic mass is 79.9. The Morgan fingerprint density at radius 3 is 2.46 bits per heavy atom. The van der Waals surface area contributed by atoms with Crippen molar-refractivity contribution in [3.05, 3.63) is 82.4 Å². The van der Waals surface area contributed by atoms with Crippen LogP contribution in [0.3, 0.4) is 0 Å². The van der Waals surface area contributed by atoms with E-state index in [1.165, 1.54) is 25.0 Å². The number of hydrogen-bond donors (Lipinski definition) is 0. The number of esters is 2. The van der Waals surface area contributed by atoms with Crippen molar-refractivity contribution >= 4 is 56.9 Å². The Balaban J connectivity index is 1.82. The predicted molar refractivity (Wildman–Crippen MR) is 157 cm³/mol. The highest BCUT2D eigenvalue weighted by molar-refractivity contribution is 9.10. The van der Waals surface area contributed by atoms with Crippen molar-refractivity contribution in [1.82, 2.24) is 4.57 Å². The Kier molecular flexibility index (Phi) is 9.90. The molecule has 3 aromatic rings. The van der Waals surface area contributed by atoms with Crippen LogP contribution in [-0.2, 0) is 19.1 Å². The molecule has 1 aliphatic rings. The molecule has 0 saturated carbocycles. The minimum Gasteiger partial charge on any atom is -0.490 e. The van der Waals surface area contributed by atoms with Crippen LogP contribution in [0, 0.1) is 0 Å². The molecular weight excluding hydrogens is 640 g/mol. The summed E-state index contributed by atoms with van der Waals surface area (Å²) in [5, 5.41) is 0.228. The van der Waals surface area contributed by atoms with Gasteiger partial charge in [0.05, 0.1) is 53.1 Å². The van der Waals surface area contributed by atoms with E-state index in [1.54, 1.807) is 36.4 Å². The van der Waals surface area contributed by atoms with Gasteiger partial charge in [0.1, 0.15) is 0 Å². The number of hydrogen-bond acceptors (Lipinski definition) is 10. The maximum absolute atomic E-state index is 13.8. The van der Waals surface area contributed by atoms with E-state index in [4.69, 9.17) is 30.5 Å². The van der Waals surface area contributed by atoms with Gasteiger partial charge in [0.2, 0.25) is 0 Å². The topological polar surface area (TPSA) is 115 Å². The van der Waals surface area contributed by atoms with Gasteiger partial charge in [0, 0.05) is 6.20 Å². The number of carbonyl (C=O) groups is 2. The summed E-state index contributed by atoms with van der Waals surface area (Å²) >= 11 is 11.0. The molecule has 216 valence electrons. The number of rotatable bonds is 10. The molecule has 1 atom stereocenters. The average molecular weight is 666 g/mol.